The van der Waals surface area contributed by atoms with E-state index in [-0.39, 0.29) is 24.2 Å². The van der Waals surface area contributed by atoms with E-state index >= 15 is 0 Å². The van der Waals surface area contributed by atoms with Crippen LogP contribution in [-0.2, 0) is 26.8 Å². The normalized spacial score (nSPS) is 20.6. The SMILES string of the molecule is CCCN(CC1CCN(CCC2(c3ccccc3)CCC(N(C)C(=O)OCc3ccccc3)CC2)CC1)S(=O)(=O)c1cccc2ccccc12. The lowest BCUT2D eigenvalue weighted by Gasteiger charge is -2.44. The molecule has 6 rings (SSSR count). The number of carbonyl (C=O) groups is 1. The van der Waals surface area contributed by atoms with Crippen molar-refractivity contribution in [3.05, 3.63) is 114 Å². The first-order chi connectivity index (χ1) is 24.3. The number of rotatable bonds is 13. The van der Waals surface area contributed by atoms with Gasteiger partial charge >= 0.3 is 6.09 Å². The topological polar surface area (TPSA) is 70.2 Å². The molecule has 2 aliphatic rings. The Hall–Kier alpha value is -3.72. The molecular formula is C42H53N3O4S. The highest BCUT2D eigenvalue weighted by atomic mass is 32.2. The largest absolute Gasteiger partial charge is 0.445 e. The van der Waals surface area contributed by atoms with Crippen LogP contribution in [0.25, 0.3) is 10.8 Å². The molecule has 0 unspecified atom stereocenters. The van der Waals surface area contributed by atoms with Gasteiger partial charge in [0, 0.05) is 31.6 Å². The number of amides is 1. The number of hydrogen-bond donors (Lipinski definition) is 0. The first-order valence-electron chi connectivity index (χ1n) is 18.5. The molecule has 1 aliphatic carbocycles. The third-order valence-corrected chi connectivity index (χ3v) is 13.2. The predicted molar refractivity (Wildman–Crippen MR) is 202 cm³/mol. The van der Waals surface area contributed by atoms with Crippen LogP contribution < -0.4 is 0 Å². The number of sulfonamides is 1. The Balaban J connectivity index is 1.04. The predicted octanol–water partition coefficient (Wildman–Crippen LogP) is 8.49. The number of benzene rings is 4. The van der Waals surface area contributed by atoms with E-state index in [9.17, 15) is 13.2 Å². The fraction of sp³-hybridized carbons (Fsp3) is 0.452. The molecule has 2 fully saturated rings. The van der Waals surface area contributed by atoms with Gasteiger partial charge in [-0.15, -0.1) is 0 Å². The highest BCUT2D eigenvalue weighted by Crippen LogP contribution is 2.44. The second-order valence-corrected chi connectivity index (χ2v) is 16.3. The molecule has 0 N–H and O–H groups in total. The molecule has 266 valence electrons. The number of ether oxygens (including phenoxy) is 1. The second kappa shape index (κ2) is 16.5. The van der Waals surface area contributed by atoms with E-state index in [0.29, 0.717) is 23.9 Å². The highest BCUT2D eigenvalue weighted by Gasteiger charge is 2.39. The number of nitrogens with zero attached hydrogens (tertiary/aromatic N) is 3. The zero-order valence-corrected chi connectivity index (χ0v) is 30.6. The van der Waals surface area contributed by atoms with E-state index in [1.807, 2.05) is 78.7 Å². The summed E-state index contributed by atoms with van der Waals surface area (Å²) >= 11 is 0. The molecule has 0 atom stereocenters. The van der Waals surface area contributed by atoms with Crippen molar-refractivity contribution in [1.29, 1.82) is 0 Å². The van der Waals surface area contributed by atoms with Gasteiger partial charge in [0.1, 0.15) is 6.61 Å². The zero-order chi connectivity index (χ0) is 35.0. The lowest BCUT2D eigenvalue weighted by Crippen LogP contribution is -2.45. The van der Waals surface area contributed by atoms with E-state index < -0.39 is 10.0 Å². The first kappa shape index (κ1) is 36.1. The third kappa shape index (κ3) is 8.42. The Bertz CT molecular complexity index is 1780. The monoisotopic (exact) mass is 695 g/mol. The molecule has 1 aliphatic heterocycles. The van der Waals surface area contributed by atoms with Crippen LogP contribution in [0.1, 0.15) is 69.4 Å². The summed E-state index contributed by atoms with van der Waals surface area (Å²) in [6.07, 6.45) is 7.58. The van der Waals surface area contributed by atoms with Crippen LogP contribution in [0.5, 0.6) is 0 Å². The Morgan fingerprint density at radius 2 is 1.48 bits per heavy atom. The van der Waals surface area contributed by atoms with Gasteiger partial charge in [-0.2, -0.15) is 4.31 Å². The van der Waals surface area contributed by atoms with Gasteiger partial charge in [0.2, 0.25) is 10.0 Å². The maximum Gasteiger partial charge on any atom is 0.410 e. The summed E-state index contributed by atoms with van der Waals surface area (Å²) in [4.78, 5) is 17.8. The lowest BCUT2D eigenvalue weighted by atomic mass is 9.66. The Morgan fingerprint density at radius 3 is 2.18 bits per heavy atom. The number of fused-ring (bicyclic) bond motifs is 1. The van der Waals surface area contributed by atoms with Gasteiger partial charge in [-0.3, -0.25) is 0 Å². The highest BCUT2D eigenvalue weighted by molar-refractivity contribution is 7.89. The van der Waals surface area contributed by atoms with Gasteiger partial charge in [0.05, 0.1) is 4.90 Å². The van der Waals surface area contributed by atoms with Crippen molar-refractivity contribution >= 4 is 26.9 Å². The van der Waals surface area contributed by atoms with E-state index in [4.69, 9.17) is 4.74 Å². The minimum atomic E-state index is -3.61. The van der Waals surface area contributed by atoms with Crippen molar-refractivity contribution in [3.63, 3.8) is 0 Å². The minimum absolute atomic E-state index is 0.0772. The molecule has 50 heavy (non-hydrogen) atoms. The number of carbonyl (C=O) groups excluding carboxylic acids is 1. The molecule has 1 heterocycles. The fourth-order valence-electron chi connectivity index (χ4n) is 8.16. The van der Waals surface area contributed by atoms with E-state index in [2.05, 4.69) is 42.2 Å². The summed E-state index contributed by atoms with van der Waals surface area (Å²) in [5.74, 6) is 0.346. The Labute approximate surface area is 299 Å². The van der Waals surface area contributed by atoms with Gasteiger partial charge < -0.3 is 14.5 Å². The summed E-state index contributed by atoms with van der Waals surface area (Å²) in [5, 5.41) is 1.75. The van der Waals surface area contributed by atoms with Crippen LogP contribution in [-0.4, -0.2) is 74.4 Å². The molecular weight excluding hydrogens is 643 g/mol. The van der Waals surface area contributed by atoms with Crippen LogP contribution in [0, 0.1) is 5.92 Å². The van der Waals surface area contributed by atoms with Gasteiger partial charge in [0.15, 0.2) is 0 Å². The van der Waals surface area contributed by atoms with Crippen LogP contribution in [0.15, 0.2) is 108 Å². The average Bonchev–Trinajstić information content (AvgIpc) is 3.17. The smallest absolute Gasteiger partial charge is 0.410 e. The van der Waals surface area contributed by atoms with Crippen LogP contribution in [0.4, 0.5) is 4.79 Å². The summed E-state index contributed by atoms with van der Waals surface area (Å²) in [5.41, 5.74) is 2.47. The van der Waals surface area contributed by atoms with Crippen molar-refractivity contribution < 1.29 is 17.9 Å². The molecule has 1 saturated heterocycles. The maximum atomic E-state index is 14.0. The molecule has 1 amide bonds. The van der Waals surface area contributed by atoms with E-state index in [1.54, 1.807) is 10.4 Å². The van der Waals surface area contributed by atoms with Crippen LogP contribution in [0.2, 0.25) is 0 Å². The molecule has 0 spiro atoms. The second-order valence-electron chi connectivity index (χ2n) is 14.4. The Morgan fingerprint density at radius 1 is 0.840 bits per heavy atom. The number of piperidine rings is 1. The summed E-state index contributed by atoms with van der Waals surface area (Å²) in [7, 11) is -1.73. The molecule has 0 bridgehead atoms. The summed E-state index contributed by atoms with van der Waals surface area (Å²) < 4.78 is 35.4. The van der Waals surface area contributed by atoms with Gasteiger partial charge in [-0.05, 0) is 105 Å². The molecule has 4 aromatic carbocycles. The van der Waals surface area contributed by atoms with Crippen molar-refractivity contribution in [1.82, 2.24) is 14.1 Å². The van der Waals surface area contributed by atoms with E-state index in [0.717, 1.165) is 87.3 Å². The van der Waals surface area contributed by atoms with Crippen molar-refractivity contribution in [2.75, 3.05) is 39.8 Å². The molecule has 1 saturated carbocycles. The van der Waals surface area contributed by atoms with E-state index in [1.165, 1.54) is 5.56 Å². The first-order valence-corrected chi connectivity index (χ1v) is 19.9. The third-order valence-electron chi connectivity index (χ3n) is 11.3. The molecule has 4 aromatic rings. The quantitative estimate of drug-likeness (QED) is 0.140. The summed E-state index contributed by atoms with van der Waals surface area (Å²) in [6, 6.07) is 34.3. The van der Waals surface area contributed by atoms with Crippen LogP contribution in [0.3, 0.4) is 0 Å². The molecule has 8 heteroatoms. The van der Waals surface area contributed by atoms with Crippen LogP contribution >= 0.6 is 0 Å². The standard InChI is InChI=1S/C42H53N3O4S/c1-3-28-45(50(47,48)40-20-12-16-36-15-10-11-19-39(36)40)32-34-23-29-44(30-24-34)31-27-42(37-17-8-5-9-18-37)25-21-38(22-26-42)43(2)41(46)49-33-35-13-6-4-7-14-35/h4-20,34,38H,3,21-33H2,1-2H3. The Kier molecular flexibility index (Phi) is 11.9. The lowest BCUT2D eigenvalue weighted by molar-refractivity contribution is 0.0726. The number of hydrogen-bond acceptors (Lipinski definition) is 5. The van der Waals surface area contributed by atoms with Crippen molar-refractivity contribution in [3.8, 4) is 0 Å². The zero-order valence-electron chi connectivity index (χ0n) is 29.8. The number of likely N-dealkylation sites (tertiary alicyclic amines) is 1. The summed E-state index contributed by atoms with van der Waals surface area (Å²) in [6.45, 7) is 6.45. The maximum absolute atomic E-state index is 14.0. The average molecular weight is 696 g/mol. The van der Waals surface area contributed by atoms with Crippen molar-refractivity contribution in [2.45, 2.75) is 81.2 Å². The molecule has 7 nitrogen and oxygen atoms in total. The fourth-order valence-corrected chi connectivity index (χ4v) is 9.98. The molecule has 0 aromatic heterocycles. The van der Waals surface area contributed by atoms with Crippen molar-refractivity contribution in [2.24, 2.45) is 5.92 Å². The van der Waals surface area contributed by atoms with Gasteiger partial charge in [-0.25, -0.2) is 13.2 Å². The van der Waals surface area contributed by atoms with Gasteiger partial charge in [0.25, 0.3) is 0 Å². The van der Waals surface area contributed by atoms with Gasteiger partial charge in [-0.1, -0.05) is 104 Å². The molecule has 0 radical (unpaired) electrons. The minimum Gasteiger partial charge on any atom is -0.445 e.